The van der Waals surface area contributed by atoms with Crippen LogP contribution in [0.1, 0.15) is 13.3 Å². The van der Waals surface area contributed by atoms with Crippen molar-refractivity contribution in [2.45, 2.75) is 13.3 Å². The summed E-state index contributed by atoms with van der Waals surface area (Å²) in [6.45, 7) is 3.49. The number of carbonyl (C=O) groups is 1. The molecule has 0 atom stereocenters. The van der Waals surface area contributed by atoms with Gasteiger partial charge in [0.25, 0.3) is 0 Å². The van der Waals surface area contributed by atoms with Crippen LogP contribution in [0.3, 0.4) is 0 Å². The summed E-state index contributed by atoms with van der Waals surface area (Å²) in [6, 6.07) is 14.0. The summed E-state index contributed by atoms with van der Waals surface area (Å²) in [6.07, 6.45) is 4.20. The van der Waals surface area contributed by atoms with E-state index in [1.807, 2.05) is 65.4 Å². The van der Waals surface area contributed by atoms with Crippen LogP contribution >= 0.6 is 0 Å². The van der Waals surface area contributed by atoms with E-state index in [1.165, 1.54) is 0 Å². The molecule has 0 fully saturated rings. The number of anilines is 4. The molecular formula is C28H35N7O2. The number of hydrogen-bond acceptors (Lipinski definition) is 7. The molecular weight excluding hydrogens is 466 g/mol. The number of nitrogens with one attached hydrogen (secondary N) is 2. The van der Waals surface area contributed by atoms with E-state index >= 15 is 0 Å². The third-order valence-corrected chi connectivity index (χ3v) is 6.28. The second-order valence-corrected chi connectivity index (χ2v) is 9.26. The predicted octanol–water partition coefficient (Wildman–Crippen LogP) is 4.73. The fourth-order valence-electron chi connectivity index (χ4n) is 4.20. The van der Waals surface area contributed by atoms with Gasteiger partial charge in [-0.15, -0.1) is 0 Å². The van der Waals surface area contributed by atoms with Gasteiger partial charge < -0.3 is 29.7 Å². The Hall–Kier alpha value is -4.11. The van der Waals surface area contributed by atoms with Crippen molar-refractivity contribution in [3.8, 4) is 17.0 Å². The van der Waals surface area contributed by atoms with Crippen molar-refractivity contribution in [3.63, 3.8) is 0 Å². The molecule has 0 unspecified atom stereocenters. The topological polar surface area (TPSA) is 87.5 Å². The van der Waals surface area contributed by atoms with Gasteiger partial charge in [-0.3, -0.25) is 4.79 Å². The maximum absolute atomic E-state index is 12.3. The number of ether oxygens (including phenoxy) is 1. The fraction of sp³-hybridized carbons (Fsp3) is 0.321. The minimum Gasteiger partial charge on any atom is -0.494 e. The first kappa shape index (κ1) is 26.0. The van der Waals surface area contributed by atoms with Crippen LogP contribution in [0, 0.1) is 0 Å². The molecule has 0 aliphatic carbocycles. The number of likely N-dealkylation sites (N-methyl/N-ethyl adjacent to an activating group) is 2. The number of amides is 1. The van der Waals surface area contributed by atoms with E-state index in [9.17, 15) is 4.79 Å². The molecule has 0 spiro atoms. The summed E-state index contributed by atoms with van der Waals surface area (Å²) in [5.74, 6) is 0.998. The molecule has 2 aromatic heterocycles. The van der Waals surface area contributed by atoms with Crippen LogP contribution in [-0.4, -0.2) is 66.7 Å². The zero-order chi connectivity index (χ0) is 26.5. The molecule has 2 N–H and O–H groups in total. The Morgan fingerprint density at radius 2 is 1.86 bits per heavy atom. The number of rotatable bonds is 10. The Bertz CT molecular complexity index is 1400. The molecule has 0 radical (unpaired) electrons. The summed E-state index contributed by atoms with van der Waals surface area (Å²) >= 11 is 0. The Kier molecular flexibility index (Phi) is 7.93. The Balaban J connectivity index is 1.70. The molecule has 2 aromatic carbocycles. The SMILES string of the molecule is CCC(=O)Nc1cc(Nc2nccc(-c3cn(C)c4ccccc34)n2)c(OC)cc1N(C)CCN(C)C. The smallest absolute Gasteiger partial charge is 0.227 e. The third kappa shape index (κ3) is 5.83. The van der Waals surface area contributed by atoms with Gasteiger partial charge in [-0.2, -0.15) is 0 Å². The van der Waals surface area contributed by atoms with Crippen LogP contribution in [0.4, 0.5) is 23.0 Å². The Morgan fingerprint density at radius 1 is 1.08 bits per heavy atom. The molecule has 0 saturated carbocycles. The van der Waals surface area contributed by atoms with Crippen LogP contribution in [-0.2, 0) is 11.8 Å². The van der Waals surface area contributed by atoms with E-state index < -0.39 is 0 Å². The number of fused-ring (bicyclic) bond motifs is 1. The largest absolute Gasteiger partial charge is 0.494 e. The fourth-order valence-corrected chi connectivity index (χ4v) is 4.20. The summed E-state index contributed by atoms with van der Waals surface area (Å²) in [5.41, 5.74) is 5.21. The standard InChI is InChI=1S/C28H35N7O2/c1-7-27(36)30-22-16-23(26(37-6)17-25(22)34(4)15-14-33(2)3)32-28-29-13-12-21(31-28)20-18-35(5)24-11-9-8-10-19(20)24/h8-13,16-18H,7,14-15H2,1-6H3,(H,30,36)(H,29,31,32). The molecule has 4 rings (SSSR count). The van der Waals surface area contributed by atoms with Crippen LogP contribution in [0.5, 0.6) is 5.75 Å². The number of para-hydroxylation sites is 1. The van der Waals surface area contributed by atoms with Crippen molar-refractivity contribution in [3.05, 3.63) is 54.9 Å². The summed E-state index contributed by atoms with van der Waals surface area (Å²) < 4.78 is 7.82. The molecule has 0 aliphatic heterocycles. The van der Waals surface area contributed by atoms with Crippen LogP contribution in [0.15, 0.2) is 54.9 Å². The lowest BCUT2D eigenvalue weighted by Gasteiger charge is -2.26. The molecule has 4 aromatic rings. The van der Waals surface area contributed by atoms with Crippen LogP contribution < -0.4 is 20.3 Å². The molecule has 2 heterocycles. The second kappa shape index (κ2) is 11.3. The van der Waals surface area contributed by atoms with E-state index in [-0.39, 0.29) is 5.91 Å². The Morgan fingerprint density at radius 3 is 2.59 bits per heavy atom. The highest BCUT2D eigenvalue weighted by atomic mass is 16.5. The molecule has 0 bridgehead atoms. The number of aromatic nitrogens is 3. The molecule has 9 nitrogen and oxygen atoms in total. The number of nitrogens with zero attached hydrogens (tertiary/aromatic N) is 5. The highest BCUT2D eigenvalue weighted by Gasteiger charge is 2.17. The lowest BCUT2D eigenvalue weighted by Crippen LogP contribution is -2.29. The number of methoxy groups -OCH3 is 1. The molecule has 37 heavy (non-hydrogen) atoms. The van der Waals surface area contributed by atoms with Crippen molar-refractivity contribution < 1.29 is 9.53 Å². The van der Waals surface area contributed by atoms with Crippen molar-refractivity contribution >= 4 is 39.8 Å². The average Bonchev–Trinajstić information content (AvgIpc) is 3.24. The number of aryl methyl sites for hydroxylation is 1. The first-order chi connectivity index (χ1) is 17.8. The van der Waals surface area contributed by atoms with Gasteiger partial charge in [0, 0.05) is 68.5 Å². The minimum atomic E-state index is -0.0624. The van der Waals surface area contributed by atoms with Gasteiger partial charge in [0.1, 0.15) is 5.75 Å². The van der Waals surface area contributed by atoms with E-state index in [0.717, 1.165) is 40.9 Å². The third-order valence-electron chi connectivity index (χ3n) is 6.28. The number of hydrogen-bond donors (Lipinski definition) is 2. The van der Waals surface area contributed by atoms with Crippen molar-refractivity contribution in [2.24, 2.45) is 7.05 Å². The molecule has 194 valence electrons. The van der Waals surface area contributed by atoms with E-state index in [0.29, 0.717) is 29.5 Å². The number of carbonyl (C=O) groups excluding carboxylic acids is 1. The van der Waals surface area contributed by atoms with Crippen molar-refractivity contribution in [1.82, 2.24) is 19.4 Å². The summed E-state index contributed by atoms with van der Waals surface area (Å²) in [4.78, 5) is 25.8. The maximum Gasteiger partial charge on any atom is 0.227 e. The molecule has 9 heteroatoms. The second-order valence-electron chi connectivity index (χ2n) is 9.26. The first-order valence-electron chi connectivity index (χ1n) is 12.3. The molecule has 0 saturated heterocycles. The van der Waals surface area contributed by atoms with E-state index in [2.05, 4.69) is 48.3 Å². The van der Waals surface area contributed by atoms with Gasteiger partial charge in [-0.1, -0.05) is 25.1 Å². The minimum absolute atomic E-state index is 0.0624. The maximum atomic E-state index is 12.3. The summed E-state index contributed by atoms with van der Waals surface area (Å²) in [5, 5.41) is 7.46. The highest BCUT2D eigenvalue weighted by Crippen LogP contribution is 2.38. The van der Waals surface area contributed by atoms with Gasteiger partial charge in [-0.25, -0.2) is 9.97 Å². The quantitative estimate of drug-likeness (QED) is 0.325. The van der Waals surface area contributed by atoms with Gasteiger partial charge in [0.2, 0.25) is 11.9 Å². The number of benzene rings is 2. The zero-order valence-electron chi connectivity index (χ0n) is 22.4. The average molecular weight is 502 g/mol. The monoisotopic (exact) mass is 501 g/mol. The first-order valence-corrected chi connectivity index (χ1v) is 12.3. The van der Waals surface area contributed by atoms with Crippen molar-refractivity contribution in [1.29, 1.82) is 0 Å². The lowest BCUT2D eigenvalue weighted by atomic mass is 10.1. The van der Waals surface area contributed by atoms with Crippen molar-refractivity contribution in [2.75, 3.05) is 56.9 Å². The lowest BCUT2D eigenvalue weighted by molar-refractivity contribution is -0.115. The highest BCUT2D eigenvalue weighted by molar-refractivity contribution is 5.97. The predicted molar refractivity (Wildman–Crippen MR) is 151 cm³/mol. The van der Waals surface area contributed by atoms with Gasteiger partial charge in [0.15, 0.2) is 0 Å². The van der Waals surface area contributed by atoms with Gasteiger partial charge in [-0.05, 0) is 32.3 Å². The van der Waals surface area contributed by atoms with Crippen LogP contribution in [0.2, 0.25) is 0 Å². The normalized spacial score (nSPS) is 11.1. The van der Waals surface area contributed by atoms with Crippen LogP contribution in [0.25, 0.3) is 22.2 Å². The summed E-state index contributed by atoms with van der Waals surface area (Å²) in [7, 11) is 9.73. The van der Waals surface area contributed by atoms with E-state index in [1.54, 1.807) is 13.3 Å². The van der Waals surface area contributed by atoms with Gasteiger partial charge >= 0.3 is 0 Å². The van der Waals surface area contributed by atoms with Gasteiger partial charge in [0.05, 0.1) is 29.9 Å². The Labute approximate surface area is 218 Å². The van der Waals surface area contributed by atoms with E-state index in [4.69, 9.17) is 9.72 Å². The molecule has 0 aliphatic rings. The zero-order valence-corrected chi connectivity index (χ0v) is 22.4. The molecule has 1 amide bonds.